The Bertz CT molecular complexity index is 758. The zero-order valence-electron chi connectivity index (χ0n) is 16.8. The molecular formula is C23H32N4O. The van der Waals surface area contributed by atoms with Crippen molar-refractivity contribution in [3.8, 4) is 0 Å². The van der Waals surface area contributed by atoms with Crippen LogP contribution in [0.5, 0.6) is 0 Å². The van der Waals surface area contributed by atoms with Gasteiger partial charge in [0.2, 0.25) is 5.91 Å². The lowest BCUT2D eigenvalue weighted by atomic mass is 9.82. The summed E-state index contributed by atoms with van der Waals surface area (Å²) >= 11 is 0. The van der Waals surface area contributed by atoms with Crippen LogP contribution in [0, 0.1) is 12.8 Å². The van der Waals surface area contributed by atoms with Crippen LogP contribution in [0.2, 0.25) is 0 Å². The molecule has 1 aliphatic rings. The predicted octanol–water partition coefficient (Wildman–Crippen LogP) is 2.68. The molecule has 1 amide bonds. The largest absolute Gasteiger partial charge is 0.368 e. The van der Waals surface area contributed by atoms with Crippen LogP contribution in [0.25, 0.3) is 0 Å². The topological polar surface area (TPSA) is 80.0 Å². The lowest BCUT2D eigenvalue weighted by Gasteiger charge is -2.34. The van der Waals surface area contributed by atoms with E-state index in [9.17, 15) is 4.79 Å². The van der Waals surface area contributed by atoms with Gasteiger partial charge < -0.3 is 11.1 Å². The zero-order valence-corrected chi connectivity index (χ0v) is 16.8. The minimum atomic E-state index is -0.859. The molecule has 1 fully saturated rings. The van der Waals surface area contributed by atoms with Gasteiger partial charge in [0, 0.05) is 12.4 Å². The summed E-state index contributed by atoms with van der Waals surface area (Å²) in [7, 11) is 0. The number of hydrogen-bond donors (Lipinski definition) is 3. The first-order valence-electron chi connectivity index (χ1n) is 10.3. The molecule has 0 aliphatic carbocycles. The number of carbonyl (C=O) groups is 1. The number of carbonyl (C=O) groups excluding carboxylic acids is 1. The van der Waals surface area contributed by atoms with Gasteiger partial charge in [0.1, 0.15) is 5.54 Å². The normalized spacial score (nSPS) is 17.2. The highest BCUT2D eigenvalue weighted by Crippen LogP contribution is 2.28. The highest BCUT2D eigenvalue weighted by atomic mass is 16.1. The summed E-state index contributed by atoms with van der Waals surface area (Å²) in [6.07, 6.45) is 8.44. The van der Waals surface area contributed by atoms with Crippen LogP contribution in [0.1, 0.15) is 42.4 Å². The molecule has 1 unspecified atom stereocenters. The summed E-state index contributed by atoms with van der Waals surface area (Å²) in [6.45, 7) is 5.02. The first-order valence-corrected chi connectivity index (χ1v) is 10.3. The first-order chi connectivity index (χ1) is 13.6. The number of piperidine rings is 1. The van der Waals surface area contributed by atoms with Gasteiger partial charge in [-0.25, -0.2) is 0 Å². The second-order valence-electron chi connectivity index (χ2n) is 7.90. The van der Waals surface area contributed by atoms with Gasteiger partial charge in [0.15, 0.2) is 0 Å². The molecule has 3 rings (SSSR count). The van der Waals surface area contributed by atoms with Crippen molar-refractivity contribution in [1.29, 1.82) is 0 Å². The van der Waals surface area contributed by atoms with E-state index >= 15 is 0 Å². The van der Waals surface area contributed by atoms with Gasteiger partial charge in [-0.15, -0.1) is 0 Å². The third-order valence-electron chi connectivity index (χ3n) is 5.91. The van der Waals surface area contributed by atoms with Crippen molar-refractivity contribution in [2.24, 2.45) is 11.7 Å². The van der Waals surface area contributed by atoms with E-state index < -0.39 is 5.54 Å². The Kier molecular flexibility index (Phi) is 7.18. The van der Waals surface area contributed by atoms with E-state index in [0.717, 1.165) is 49.2 Å². The van der Waals surface area contributed by atoms with Gasteiger partial charge in [0.25, 0.3) is 0 Å². The van der Waals surface area contributed by atoms with Gasteiger partial charge in [-0.1, -0.05) is 29.8 Å². The molecule has 2 heterocycles. The van der Waals surface area contributed by atoms with E-state index in [2.05, 4.69) is 21.7 Å². The van der Waals surface area contributed by atoms with E-state index in [-0.39, 0.29) is 5.91 Å². The van der Waals surface area contributed by atoms with Crippen LogP contribution < -0.4 is 16.4 Å². The number of nitrogens with two attached hydrogens (primary N) is 1. The molecule has 1 aliphatic heterocycles. The smallest absolute Gasteiger partial charge is 0.242 e. The molecule has 4 N–H and O–H groups in total. The van der Waals surface area contributed by atoms with E-state index in [0.29, 0.717) is 12.3 Å². The number of nitrogens with one attached hydrogen (secondary N) is 2. The SMILES string of the molecule is Cc1cccc(C(CCc2ccncc2)(NCCC2CCNCC2)C(N)=O)c1. The summed E-state index contributed by atoms with van der Waals surface area (Å²) in [4.78, 5) is 16.9. The number of amides is 1. The third kappa shape index (κ3) is 5.18. The highest BCUT2D eigenvalue weighted by Gasteiger charge is 2.38. The molecule has 0 spiro atoms. The van der Waals surface area contributed by atoms with Crippen molar-refractivity contribution >= 4 is 5.91 Å². The maximum absolute atomic E-state index is 12.8. The molecular weight excluding hydrogens is 348 g/mol. The van der Waals surface area contributed by atoms with Gasteiger partial charge in [0.05, 0.1) is 0 Å². The van der Waals surface area contributed by atoms with Crippen molar-refractivity contribution in [3.63, 3.8) is 0 Å². The van der Waals surface area contributed by atoms with Crippen molar-refractivity contribution < 1.29 is 4.79 Å². The molecule has 5 heteroatoms. The highest BCUT2D eigenvalue weighted by molar-refractivity contribution is 5.86. The van der Waals surface area contributed by atoms with Crippen LogP contribution in [0.3, 0.4) is 0 Å². The summed E-state index contributed by atoms with van der Waals surface area (Å²) in [5.74, 6) is 0.398. The molecule has 0 bridgehead atoms. The van der Waals surface area contributed by atoms with Crippen LogP contribution in [-0.2, 0) is 16.8 Å². The van der Waals surface area contributed by atoms with E-state index in [1.807, 2.05) is 37.3 Å². The van der Waals surface area contributed by atoms with E-state index in [4.69, 9.17) is 5.73 Å². The van der Waals surface area contributed by atoms with Crippen molar-refractivity contribution in [1.82, 2.24) is 15.6 Å². The third-order valence-corrected chi connectivity index (χ3v) is 5.91. The van der Waals surface area contributed by atoms with E-state index in [1.165, 1.54) is 12.8 Å². The average Bonchev–Trinajstić information content (AvgIpc) is 2.72. The van der Waals surface area contributed by atoms with Gasteiger partial charge in [-0.2, -0.15) is 0 Å². The van der Waals surface area contributed by atoms with Crippen molar-refractivity contribution in [2.45, 2.75) is 44.6 Å². The second kappa shape index (κ2) is 9.80. The minimum absolute atomic E-state index is 0.308. The maximum Gasteiger partial charge on any atom is 0.242 e. The molecule has 1 aromatic carbocycles. The number of primary amides is 1. The Morgan fingerprint density at radius 3 is 2.68 bits per heavy atom. The van der Waals surface area contributed by atoms with Gasteiger partial charge >= 0.3 is 0 Å². The average molecular weight is 381 g/mol. The summed E-state index contributed by atoms with van der Waals surface area (Å²) in [5.41, 5.74) is 8.40. The Morgan fingerprint density at radius 2 is 2.00 bits per heavy atom. The quantitative estimate of drug-likeness (QED) is 0.625. The molecule has 1 aromatic heterocycles. The first kappa shape index (κ1) is 20.5. The Labute approximate surface area is 168 Å². The van der Waals surface area contributed by atoms with Crippen molar-refractivity contribution in [3.05, 3.63) is 65.5 Å². The second-order valence-corrected chi connectivity index (χ2v) is 7.90. The number of benzene rings is 1. The monoisotopic (exact) mass is 380 g/mol. The standard InChI is InChI=1S/C23H32N4O/c1-18-3-2-4-21(17-18)23(22(24)28,11-5-19-6-12-25-13-7-19)27-16-10-20-8-14-26-15-9-20/h2-4,6-7,12-13,17,20,26-27H,5,8-11,14-16H2,1H3,(H2,24,28). The fourth-order valence-electron chi connectivity index (χ4n) is 4.14. The zero-order chi connectivity index (χ0) is 19.8. The number of pyridine rings is 1. The minimum Gasteiger partial charge on any atom is -0.368 e. The number of aryl methyl sites for hydroxylation is 2. The van der Waals surface area contributed by atoms with Gasteiger partial charge in [-0.3, -0.25) is 15.1 Å². The molecule has 1 atom stereocenters. The van der Waals surface area contributed by atoms with Crippen molar-refractivity contribution in [2.75, 3.05) is 19.6 Å². The maximum atomic E-state index is 12.8. The summed E-state index contributed by atoms with van der Waals surface area (Å²) < 4.78 is 0. The summed E-state index contributed by atoms with van der Waals surface area (Å²) in [5, 5.41) is 6.99. The van der Waals surface area contributed by atoms with Gasteiger partial charge in [-0.05, 0) is 87.8 Å². The lowest BCUT2D eigenvalue weighted by Crippen LogP contribution is -2.53. The van der Waals surface area contributed by atoms with Crippen LogP contribution in [0.15, 0.2) is 48.8 Å². The molecule has 5 nitrogen and oxygen atoms in total. The number of aromatic nitrogens is 1. The molecule has 28 heavy (non-hydrogen) atoms. The molecule has 1 saturated heterocycles. The molecule has 150 valence electrons. The Balaban J connectivity index is 1.78. The fraction of sp³-hybridized carbons (Fsp3) is 0.478. The molecule has 0 saturated carbocycles. The lowest BCUT2D eigenvalue weighted by molar-refractivity contribution is -0.125. The fourth-order valence-corrected chi connectivity index (χ4v) is 4.14. The number of rotatable bonds is 9. The predicted molar refractivity (Wildman–Crippen MR) is 113 cm³/mol. The molecule has 0 radical (unpaired) electrons. The number of nitrogens with zero attached hydrogens (tertiary/aromatic N) is 1. The van der Waals surface area contributed by atoms with E-state index in [1.54, 1.807) is 12.4 Å². The Morgan fingerprint density at radius 1 is 1.25 bits per heavy atom. The van der Waals surface area contributed by atoms with Crippen LogP contribution in [0.4, 0.5) is 0 Å². The molecule has 2 aromatic rings. The Hall–Kier alpha value is -2.24. The van der Waals surface area contributed by atoms with Crippen LogP contribution in [-0.4, -0.2) is 30.5 Å². The summed E-state index contributed by atoms with van der Waals surface area (Å²) in [6, 6.07) is 12.1. The van der Waals surface area contributed by atoms with Crippen LogP contribution >= 0.6 is 0 Å². The number of hydrogen-bond acceptors (Lipinski definition) is 4.